The van der Waals surface area contributed by atoms with Crippen molar-refractivity contribution in [3.05, 3.63) is 95.1 Å². The molecule has 0 radical (unpaired) electrons. The van der Waals surface area contributed by atoms with Crippen molar-refractivity contribution in [2.75, 3.05) is 12.9 Å². The topological polar surface area (TPSA) is 82.1 Å². The summed E-state index contributed by atoms with van der Waals surface area (Å²) in [6, 6.07) is 17.0. The highest BCUT2D eigenvalue weighted by Gasteiger charge is 2.22. The van der Waals surface area contributed by atoms with Crippen molar-refractivity contribution in [1.82, 2.24) is 0 Å². The number of carboxylic acid groups (broad SMARTS) is 1. The number of fused-ring (bicyclic) bond motifs is 2. The molecular formula is C28H33ClO6. The molecule has 0 saturated carbocycles. The number of carbonyl (C=O) groups is 2. The van der Waals surface area contributed by atoms with Crippen LogP contribution in [0.2, 0.25) is 0 Å². The maximum Gasteiger partial charge on any atom is 0.335 e. The van der Waals surface area contributed by atoms with Crippen LogP contribution in [0.1, 0.15) is 36.1 Å². The molecule has 0 heterocycles. The molecule has 0 aliphatic heterocycles. The lowest BCUT2D eigenvalue weighted by molar-refractivity contribution is -0.155. The third-order valence-electron chi connectivity index (χ3n) is 5.53. The fraction of sp³-hybridized carbons (Fsp3) is 0.357. The summed E-state index contributed by atoms with van der Waals surface area (Å²) in [4.78, 5) is 20.7. The van der Waals surface area contributed by atoms with Gasteiger partial charge in [-0.05, 0) is 61.8 Å². The molecule has 35 heavy (non-hydrogen) atoms. The summed E-state index contributed by atoms with van der Waals surface area (Å²) >= 11 is 5.50. The molecule has 7 heteroatoms. The Labute approximate surface area is 212 Å². The van der Waals surface area contributed by atoms with Gasteiger partial charge >= 0.3 is 11.9 Å². The molecule has 2 aromatic carbocycles. The first-order valence-electron chi connectivity index (χ1n) is 11.3. The summed E-state index contributed by atoms with van der Waals surface area (Å²) in [6.45, 7) is 9.73. The number of hydrogen-bond acceptors (Lipinski definition) is 5. The van der Waals surface area contributed by atoms with Crippen molar-refractivity contribution in [3.8, 4) is 0 Å². The van der Waals surface area contributed by atoms with Gasteiger partial charge in [0.05, 0.1) is 12.2 Å². The average Bonchev–Trinajstić information content (AvgIpc) is 3.43. The van der Waals surface area contributed by atoms with Gasteiger partial charge in [-0.2, -0.15) is 0 Å². The molecule has 0 fully saturated rings. The van der Waals surface area contributed by atoms with E-state index in [0.29, 0.717) is 17.7 Å². The SMILES string of the molecule is C=C(C)C(=O)O.C=C(C)C(=O)OCOC1Cc2ccccc2C1.ClCOC1Cc2ccccc2C1. The summed E-state index contributed by atoms with van der Waals surface area (Å²) in [5.74, 6) is -1.34. The number of aliphatic carboxylic acids is 1. The summed E-state index contributed by atoms with van der Waals surface area (Å²) in [7, 11) is 0. The Balaban J connectivity index is 0.000000209. The molecule has 0 saturated heterocycles. The van der Waals surface area contributed by atoms with Gasteiger partial charge < -0.3 is 19.3 Å². The lowest BCUT2D eigenvalue weighted by atomic mass is 10.1. The van der Waals surface area contributed by atoms with Gasteiger partial charge in [0.2, 0.25) is 0 Å². The molecule has 2 aliphatic rings. The van der Waals surface area contributed by atoms with E-state index in [2.05, 4.69) is 49.6 Å². The fourth-order valence-electron chi connectivity index (χ4n) is 3.67. The minimum absolute atomic E-state index is 0.00431. The molecule has 2 aliphatic carbocycles. The third kappa shape index (κ3) is 9.68. The Morgan fingerprint density at radius 3 is 1.51 bits per heavy atom. The number of alkyl halides is 1. The third-order valence-corrected chi connectivity index (χ3v) is 5.66. The molecule has 0 amide bonds. The molecule has 0 atom stereocenters. The first-order chi connectivity index (χ1) is 16.7. The Kier molecular flexibility index (Phi) is 11.7. The number of carboxylic acids is 1. The lowest BCUT2D eigenvalue weighted by Crippen LogP contribution is -2.17. The Bertz CT molecular complexity index is 970. The molecule has 0 unspecified atom stereocenters. The smallest absolute Gasteiger partial charge is 0.335 e. The zero-order chi connectivity index (χ0) is 25.8. The number of hydrogen-bond donors (Lipinski definition) is 1. The number of halogens is 1. The molecular weight excluding hydrogens is 468 g/mol. The largest absolute Gasteiger partial charge is 0.478 e. The van der Waals surface area contributed by atoms with Crippen LogP contribution in [-0.4, -0.2) is 42.1 Å². The van der Waals surface area contributed by atoms with Crippen LogP contribution in [0.4, 0.5) is 0 Å². The number of esters is 1. The number of rotatable bonds is 7. The van der Waals surface area contributed by atoms with Crippen LogP contribution < -0.4 is 0 Å². The van der Waals surface area contributed by atoms with Gasteiger partial charge in [-0.15, -0.1) is 0 Å². The minimum Gasteiger partial charge on any atom is -0.478 e. The second-order valence-corrected chi connectivity index (χ2v) is 8.67. The van der Waals surface area contributed by atoms with E-state index in [9.17, 15) is 9.59 Å². The van der Waals surface area contributed by atoms with E-state index in [0.717, 1.165) is 25.7 Å². The van der Waals surface area contributed by atoms with Gasteiger partial charge in [-0.1, -0.05) is 73.3 Å². The maximum absolute atomic E-state index is 11.1. The number of carbonyl (C=O) groups excluding carboxylic acids is 1. The van der Waals surface area contributed by atoms with Gasteiger partial charge in [0.25, 0.3) is 0 Å². The van der Waals surface area contributed by atoms with Gasteiger partial charge in [0.15, 0.2) is 6.79 Å². The molecule has 0 bridgehead atoms. The number of benzene rings is 2. The van der Waals surface area contributed by atoms with Crippen LogP contribution in [0.5, 0.6) is 0 Å². The zero-order valence-electron chi connectivity index (χ0n) is 20.3. The predicted octanol–water partition coefficient (Wildman–Crippen LogP) is 5.26. The normalized spacial score (nSPS) is 13.9. The van der Waals surface area contributed by atoms with Crippen LogP contribution in [0.15, 0.2) is 72.8 Å². The molecule has 2 aromatic rings. The molecule has 6 nitrogen and oxygen atoms in total. The Morgan fingerprint density at radius 1 is 0.829 bits per heavy atom. The zero-order valence-corrected chi connectivity index (χ0v) is 21.1. The van der Waals surface area contributed by atoms with Crippen LogP contribution in [-0.2, 0) is 49.5 Å². The average molecular weight is 501 g/mol. The van der Waals surface area contributed by atoms with Crippen LogP contribution in [0.25, 0.3) is 0 Å². The van der Waals surface area contributed by atoms with Gasteiger partial charge in [-0.25, -0.2) is 9.59 Å². The van der Waals surface area contributed by atoms with E-state index >= 15 is 0 Å². The summed E-state index contributed by atoms with van der Waals surface area (Å²) in [6.07, 6.45) is 4.23. The summed E-state index contributed by atoms with van der Waals surface area (Å²) < 4.78 is 15.8. The minimum atomic E-state index is -0.935. The van der Waals surface area contributed by atoms with Crippen LogP contribution >= 0.6 is 11.6 Å². The van der Waals surface area contributed by atoms with E-state index in [4.69, 9.17) is 30.9 Å². The molecule has 188 valence electrons. The van der Waals surface area contributed by atoms with Gasteiger partial charge in [0.1, 0.15) is 6.07 Å². The van der Waals surface area contributed by atoms with E-state index in [-0.39, 0.29) is 18.5 Å². The monoisotopic (exact) mass is 500 g/mol. The highest BCUT2D eigenvalue weighted by molar-refractivity contribution is 6.17. The molecule has 0 aromatic heterocycles. The molecule has 1 N–H and O–H groups in total. The second kappa shape index (κ2) is 14.5. The van der Waals surface area contributed by atoms with E-state index in [1.165, 1.54) is 29.2 Å². The highest BCUT2D eigenvalue weighted by Crippen LogP contribution is 2.24. The maximum atomic E-state index is 11.1. The van der Waals surface area contributed by atoms with Crippen molar-refractivity contribution in [3.63, 3.8) is 0 Å². The quantitative estimate of drug-likeness (QED) is 0.242. The Hall–Kier alpha value is -2.93. The van der Waals surface area contributed by atoms with E-state index in [1.807, 2.05) is 12.1 Å². The van der Waals surface area contributed by atoms with E-state index in [1.54, 1.807) is 6.92 Å². The van der Waals surface area contributed by atoms with Crippen molar-refractivity contribution in [1.29, 1.82) is 0 Å². The first-order valence-corrected chi connectivity index (χ1v) is 11.9. The standard InChI is InChI=1S/C14H16O3.C10H11ClO.C4H6O2/c1-10(2)14(15)17-9-16-13-7-11-5-3-4-6-12(11)8-13;11-7-12-10-5-8-3-1-2-4-9(8)6-10;1-3(2)4(5)6/h3-6,13H,1,7-9H2,2H3;1-4,10H,5-7H2;1H2,2H3,(H,5,6). The second-order valence-electron chi connectivity index (χ2n) is 8.46. The van der Waals surface area contributed by atoms with Crippen molar-refractivity contribution >= 4 is 23.5 Å². The van der Waals surface area contributed by atoms with Gasteiger partial charge in [-0.3, -0.25) is 0 Å². The Morgan fingerprint density at radius 2 is 1.20 bits per heavy atom. The summed E-state index contributed by atoms with van der Waals surface area (Å²) in [5.41, 5.74) is 6.03. The van der Waals surface area contributed by atoms with Crippen LogP contribution in [0.3, 0.4) is 0 Å². The van der Waals surface area contributed by atoms with E-state index < -0.39 is 11.9 Å². The predicted molar refractivity (Wildman–Crippen MR) is 136 cm³/mol. The molecule has 0 spiro atoms. The van der Waals surface area contributed by atoms with Gasteiger partial charge in [0, 0.05) is 11.1 Å². The number of ether oxygens (including phenoxy) is 3. The lowest BCUT2D eigenvalue weighted by Gasteiger charge is -2.11. The summed E-state index contributed by atoms with van der Waals surface area (Å²) in [5, 5.41) is 7.89. The molecule has 4 rings (SSSR count). The first kappa shape index (κ1) is 28.3. The van der Waals surface area contributed by atoms with Crippen molar-refractivity contribution in [2.24, 2.45) is 0 Å². The highest BCUT2D eigenvalue weighted by atomic mass is 35.5. The van der Waals surface area contributed by atoms with Crippen LogP contribution in [0, 0.1) is 0 Å². The fourth-order valence-corrected chi connectivity index (χ4v) is 3.85. The van der Waals surface area contributed by atoms with Crippen molar-refractivity contribution in [2.45, 2.75) is 51.7 Å². The van der Waals surface area contributed by atoms with Crippen molar-refractivity contribution < 1.29 is 28.9 Å².